The number of thiazole rings is 1. The van der Waals surface area contributed by atoms with Crippen LogP contribution in [-0.4, -0.2) is 67.7 Å². The second-order valence-electron chi connectivity index (χ2n) is 10.3. The lowest BCUT2D eigenvalue weighted by Crippen LogP contribution is -2.49. The number of hydrogen-bond donors (Lipinski definition) is 0. The fourth-order valence-corrected chi connectivity index (χ4v) is 6.03. The first-order valence-corrected chi connectivity index (χ1v) is 15.2. The van der Waals surface area contributed by atoms with Crippen LogP contribution in [0.25, 0.3) is 0 Å². The molecular formula is C33H37FN4O4S. The minimum atomic E-state index is -0.269. The number of amides is 1. The maximum atomic E-state index is 13.6. The Morgan fingerprint density at radius 2 is 1.70 bits per heavy atom. The maximum Gasteiger partial charge on any atom is 0.273 e. The first-order chi connectivity index (χ1) is 21.0. The van der Waals surface area contributed by atoms with Gasteiger partial charge >= 0.3 is 0 Å². The molecule has 3 aromatic carbocycles. The molecule has 226 valence electrons. The van der Waals surface area contributed by atoms with Crippen molar-refractivity contribution in [1.82, 2.24) is 14.8 Å². The van der Waals surface area contributed by atoms with Gasteiger partial charge in [-0.05, 0) is 42.8 Å². The van der Waals surface area contributed by atoms with Crippen molar-refractivity contribution in [3.05, 3.63) is 99.8 Å². The first kappa shape index (κ1) is 30.3. The Bertz CT molecular complexity index is 1510. The average molecular weight is 605 g/mol. The molecule has 1 fully saturated rings. The lowest BCUT2D eigenvalue weighted by atomic mass is 10.1. The van der Waals surface area contributed by atoms with Gasteiger partial charge in [0.15, 0.2) is 0 Å². The number of piperazine rings is 1. The summed E-state index contributed by atoms with van der Waals surface area (Å²) in [5, 5.41) is 2.68. The number of halogens is 1. The molecule has 1 amide bonds. The zero-order valence-electron chi connectivity index (χ0n) is 24.8. The van der Waals surface area contributed by atoms with Crippen molar-refractivity contribution >= 4 is 22.9 Å². The lowest BCUT2D eigenvalue weighted by Gasteiger charge is -2.36. The second-order valence-corrected chi connectivity index (χ2v) is 11.2. The highest BCUT2D eigenvalue weighted by Crippen LogP contribution is 2.30. The number of aromatic nitrogens is 1. The number of para-hydroxylation sites is 2. The number of hydrogen-bond acceptors (Lipinski definition) is 8. The summed E-state index contributed by atoms with van der Waals surface area (Å²) >= 11 is 1.48. The van der Waals surface area contributed by atoms with E-state index in [4.69, 9.17) is 19.2 Å². The minimum absolute atomic E-state index is 0.0536. The highest BCUT2D eigenvalue weighted by atomic mass is 32.1. The predicted molar refractivity (Wildman–Crippen MR) is 167 cm³/mol. The molecule has 1 aromatic heterocycles. The highest BCUT2D eigenvalue weighted by molar-refractivity contribution is 7.09. The molecule has 1 aliphatic rings. The molecule has 0 bridgehead atoms. The number of benzene rings is 3. The number of carbonyl (C=O) groups is 1. The summed E-state index contributed by atoms with van der Waals surface area (Å²) in [5.74, 6) is 1.98. The van der Waals surface area contributed by atoms with Crippen molar-refractivity contribution in [1.29, 1.82) is 0 Å². The van der Waals surface area contributed by atoms with E-state index in [1.54, 1.807) is 26.4 Å². The summed E-state index contributed by atoms with van der Waals surface area (Å²) in [4.78, 5) is 24.5. The van der Waals surface area contributed by atoms with Gasteiger partial charge in [0.1, 0.15) is 33.8 Å². The SMILES string of the molecule is CCOc1ccccc1N1CCN(C(=O)c2csc(CN(Cc3ccc(F)cc3)Cc3ccc(OC)cc3OC)n2)CC1. The van der Waals surface area contributed by atoms with E-state index >= 15 is 0 Å². The van der Waals surface area contributed by atoms with Gasteiger partial charge in [-0.2, -0.15) is 0 Å². The normalized spacial score (nSPS) is 13.3. The molecule has 8 nitrogen and oxygen atoms in total. The fourth-order valence-electron chi connectivity index (χ4n) is 5.22. The highest BCUT2D eigenvalue weighted by Gasteiger charge is 2.25. The van der Waals surface area contributed by atoms with Crippen LogP contribution in [0, 0.1) is 5.82 Å². The Labute approximate surface area is 256 Å². The van der Waals surface area contributed by atoms with E-state index in [0.717, 1.165) is 46.4 Å². The molecule has 43 heavy (non-hydrogen) atoms. The Hall–Kier alpha value is -4.15. The standard InChI is InChI=1S/C33H37FN4O4S/c1-4-42-30-8-6-5-7-29(30)37-15-17-38(18-16-37)33(39)28-23-43-32(35-28)22-36(20-24-9-12-26(34)13-10-24)21-25-11-14-27(40-2)19-31(25)41-3/h5-14,19,23H,4,15-18,20-22H2,1-3H3. The zero-order valence-corrected chi connectivity index (χ0v) is 25.6. The zero-order chi connectivity index (χ0) is 30.2. The molecule has 0 saturated carbocycles. The van der Waals surface area contributed by atoms with Crippen LogP contribution in [0.1, 0.15) is 33.5 Å². The molecule has 1 saturated heterocycles. The molecule has 0 aliphatic carbocycles. The summed E-state index contributed by atoms with van der Waals surface area (Å²) in [7, 11) is 3.26. The molecule has 0 atom stereocenters. The van der Waals surface area contributed by atoms with Gasteiger partial charge in [0.05, 0.1) is 33.1 Å². The van der Waals surface area contributed by atoms with Crippen molar-refractivity contribution in [2.45, 2.75) is 26.6 Å². The summed E-state index contributed by atoms with van der Waals surface area (Å²) in [6, 6.07) is 20.3. The van der Waals surface area contributed by atoms with Gasteiger partial charge in [-0.15, -0.1) is 11.3 Å². The number of anilines is 1. The third-order valence-corrected chi connectivity index (χ3v) is 8.24. The average Bonchev–Trinajstić information content (AvgIpc) is 3.51. The van der Waals surface area contributed by atoms with E-state index in [0.29, 0.717) is 50.8 Å². The van der Waals surface area contributed by atoms with Crippen LogP contribution < -0.4 is 19.1 Å². The Kier molecular flexibility index (Phi) is 10.1. The van der Waals surface area contributed by atoms with E-state index in [2.05, 4.69) is 15.9 Å². The first-order valence-electron chi connectivity index (χ1n) is 14.4. The van der Waals surface area contributed by atoms with Gasteiger partial charge in [0.25, 0.3) is 5.91 Å². The van der Waals surface area contributed by atoms with E-state index in [9.17, 15) is 9.18 Å². The summed E-state index contributed by atoms with van der Waals surface area (Å²) in [5.41, 5.74) is 3.49. The number of ether oxygens (including phenoxy) is 3. The largest absolute Gasteiger partial charge is 0.497 e. The molecule has 0 N–H and O–H groups in total. The number of carbonyl (C=O) groups excluding carboxylic acids is 1. The van der Waals surface area contributed by atoms with Gasteiger partial charge in [-0.1, -0.05) is 30.3 Å². The molecule has 1 aliphatic heterocycles. The van der Waals surface area contributed by atoms with E-state index in [1.807, 2.05) is 53.6 Å². The van der Waals surface area contributed by atoms with E-state index in [1.165, 1.54) is 23.5 Å². The van der Waals surface area contributed by atoms with Crippen LogP contribution in [0.3, 0.4) is 0 Å². The van der Waals surface area contributed by atoms with Gasteiger partial charge in [0.2, 0.25) is 0 Å². The molecule has 2 heterocycles. The van der Waals surface area contributed by atoms with Crippen molar-refractivity contribution in [3.63, 3.8) is 0 Å². The topological polar surface area (TPSA) is 67.4 Å². The van der Waals surface area contributed by atoms with Crippen LogP contribution in [0.15, 0.2) is 72.1 Å². The molecular weight excluding hydrogens is 567 g/mol. The van der Waals surface area contributed by atoms with Gasteiger partial charge in [0, 0.05) is 56.3 Å². The van der Waals surface area contributed by atoms with Gasteiger partial charge in [-0.25, -0.2) is 9.37 Å². The van der Waals surface area contributed by atoms with E-state index in [-0.39, 0.29) is 11.7 Å². The van der Waals surface area contributed by atoms with Crippen LogP contribution in [0.5, 0.6) is 17.2 Å². The Morgan fingerprint density at radius 1 is 0.930 bits per heavy atom. The quantitative estimate of drug-likeness (QED) is 0.201. The number of methoxy groups -OCH3 is 2. The molecule has 0 unspecified atom stereocenters. The van der Waals surface area contributed by atoms with Crippen LogP contribution >= 0.6 is 11.3 Å². The van der Waals surface area contributed by atoms with Gasteiger partial charge < -0.3 is 24.0 Å². The summed E-state index contributed by atoms with van der Waals surface area (Å²) < 4.78 is 30.4. The Balaban J connectivity index is 1.26. The van der Waals surface area contributed by atoms with Crippen LogP contribution in [0.2, 0.25) is 0 Å². The number of rotatable bonds is 12. The second kappa shape index (κ2) is 14.3. The number of nitrogens with zero attached hydrogens (tertiary/aromatic N) is 4. The van der Waals surface area contributed by atoms with Crippen molar-refractivity contribution in [2.24, 2.45) is 0 Å². The minimum Gasteiger partial charge on any atom is -0.497 e. The monoisotopic (exact) mass is 604 g/mol. The van der Waals surface area contributed by atoms with Crippen LogP contribution in [-0.2, 0) is 19.6 Å². The third kappa shape index (κ3) is 7.63. The Morgan fingerprint density at radius 3 is 2.42 bits per heavy atom. The van der Waals surface area contributed by atoms with Crippen molar-refractivity contribution < 1.29 is 23.4 Å². The lowest BCUT2D eigenvalue weighted by molar-refractivity contribution is 0.0741. The van der Waals surface area contributed by atoms with Crippen molar-refractivity contribution in [2.75, 3.05) is 51.9 Å². The molecule has 10 heteroatoms. The third-order valence-electron chi connectivity index (χ3n) is 7.41. The van der Waals surface area contributed by atoms with E-state index < -0.39 is 0 Å². The fraction of sp³-hybridized carbons (Fsp3) is 0.333. The van der Waals surface area contributed by atoms with Gasteiger partial charge in [-0.3, -0.25) is 9.69 Å². The summed E-state index contributed by atoms with van der Waals surface area (Å²) in [6.07, 6.45) is 0. The maximum absolute atomic E-state index is 13.6. The predicted octanol–water partition coefficient (Wildman–Crippen LogP) is 5.86. The molecule has 4 aromatic rings. The van der Waals surface area contributed by atoms with Crippen LogP contribution in [0.4, 0.5) is 10.1 Å². The molecule has 0 spiro atoms. The molecule has 0 radical (unpaired) electrons. The smallest absolute Gasteiger partial charge is 0.273 e. The summed E-state index contributed by atoms with van der Waals surface area (Å²) in [6.45, 7) is 6.92. The van der Waals surface area contributed by atoms with Crippen molar-refractivity contribution in [3.8, 4) is 17.2 Å². The molecule has 5 rings (SSSR count).